The van der Waals surface area contributed by atoms with Crippen LogP contribution in [0.2, 0.25) is 0 Å². The van der Waals surface area contributed by atoms with Gasteiger partial charge in [0.25, 0.3) is 0 Å². The molecule has 1 unspecified atom stereocenters. The number of carbonyl (C=O) groups is 3. The van der Waals surface area contributed by atoms with Gasteiger partial charge in [-0.05, 0) is 76.2 Å². The van der Waals surface area contributed by atoms with Gasteiger partial charge in [-0.3, -0.25) is 14.4 Å². The van der Waals surface area contributed by atoms with Crippen molar-refractivity contribution in [2.24, 2.45) is 11.8 Å². The van der Waals surface area contributed by atoms with E-state index in [1.165, 1.54) is 17.7 Å². The third-order valence-corrected chi connectivity index (χ3v) is 8.23. The van der Waals surface area contributed by atoms with E-state index in [2.05, 4.69) is 50.4 Å². The number of nitrogens with zero attached hydrogens (tertiary/aromatic N) is 2. The van der Waals surface area contributed by atoms with E-state index in [1.54, 1.807) is 16.8 Å². The average molecular weight is 649 g/mol. The maximum Gasteiger partial charge on any atom is 0.391 e. The molecule has 0 bridgehead atoms. The van der Waals surface area contributed by atoms with Gasteiger partial charge in [-0.1, -0.05) is 53.7 Å². The summed E-state index contributed by atoms with van der Waals surface area (Å²) in [7, 11) is 0. The minimum Gasteiger partial charge on any atom is -0.350 e. The molecule has 0 aromatic heterocycles. The fourth-order valence-electron chi connectivity index (χ4n) is 4.62. The van der Waals surface area contributed by atoms with Gasteiger partial charge in [-0.15, -0.1) is 6.58 Å². The van der Waals surface area contributed by atoms with Crippen LogP contribution in [0.5, 0.6) is 0 Å². The van der Waals surface area contributed by atoms with Gasteiger partial charge in [0.15, 0.2) is 0 Å². The SMILES string of the molecule is C=CCC(NC=O)/C(=C\CC)NSC1CC1.CC.CC(C)C.C[C@@H]1CCCN1C(=O)CCC(=O)N1CCC(C(F)(F)F)CC1. The minimum atomic E-state index is -4.17. The lowest BCUT2D eigenvalue weighted by Gasteiger charge is -2.33. The number of likely N-dealkylation sites (tertiary alicyclic amines) is 2. The molecule has 2 aliphatic heterocycles. The lowest BCUT2D eigenvalue weighted by atomic mass is 9.96. The molecule has 1 saturated carbocycles. The molecule has 3 aliphatic rings. The van der Waals surface area contributed by atoms with Gasteiger partial charge >= 0.3 is 6.18 Å². The zero-order valence-electron chi connectivity index (χ0n) is 28.2. The third kappa shape index (κ3) is 18.0. The largest absolute Gasteiger partial charge is 0.391 e. The Morgan fingerprint density at radius 3 is 2.00 bits per heavy atom. The molecule has 0 aromatic carbocycles. The molecule has 0 spiro atoms. The highest BCUT2D eigenvalue weighted by molar-refractivity contribution is 7.98. The van der Waals surface area contributed by atoms with Gasteiger partial charge in [0.05, 0.1) is 12.0 Å². The van der Waals surface area contributed by atoms with Crippen LogP contribution in [0.3, 0.4) is 0 Å². The minimum absolute atomic E-state index is 0.0245. The van der Waals surface area contributed by atoms with Gasteiger partial charge in [0.1, 0.15) is 0 Å². The Labute approximate surface area is 269 Å². The highest BCUT2D eigenvalue weighted by atomic mass is 32.2. The maximum absolute atomic E-state index is 12.6. The molecule has 1 aliphatic carbocycles. The molecule has 2 N–H and O–H groups in total. The molecule has 0 radical (unpaired) electrons. The molecule has 2 saturated heterocycles. The zero-order valence-corrected chi connectivity index (χ0v) is 29.0. The Kier molecular flexibility index (Phi) is 22.1. The molecule has 2 atom stereocenters. The summed E-state index contributed by atoms with van der Waals surface area (Å²) in [5.41, 5.74) is 1.09. The first kappa shape index (κ1) is 41.8. The van der Waals surface area contributed by atoms with E-state index < -0.39 is 12.1 Å². The summed E-state index contributed by atoms with van der Waals surface area (Å²) in [6.07, 6.45) is 7.00. The fourth-order valence-corrected chi connectivity index (χ4v) is 5.52. The van der Waals surface area contributed by atoms with Gasteiger partial charge in [0, 0.05) is 49.5 Å². The van der Waals surface area contributed by atoms with Crippen molar-refractivity contribution < 1.29 is 27.6 Å². The van der Waals surface area contributed by atoms with Crippen molar-refractivity contribution >= 4 is 30.2 Å². The summed E-state index contributed by atoms with van der Waals surface area (Å²) in [5, 5.41) is 3.57. The lowest BCUT2D eigenvalue weighted by molar-refractivity contribution is -0.186. The Hall–Kier alpha value is -2.17. The quantitative estimate of drug-likeness (QED) is 0.129. The number of hydrogen-bond donors (Lipinski definition) is 2. The molecule has 2 heterocycles. The van der Waals surface area contributed by atoms with E-state index in [0.29, 0.717) is 0 Å². The molecular formula is C33H59F3N4O3S. The van der Waals surface area contributed by atoms with E-state index in [9.17, 15) is 27.6 Å². The standard InChI is InChI=1S/C15H23F3N2O2.C12H20N2OS.C4H10.C2H6/c1-11-3-2-8-20(11)14(22)5-4-13(21)19-9-6-12(7-10-19)15(16,17)18;1-3-5-11(13-9-15)12(6-4-2)14-16-10-7-8-10;1-4(2)3;1-2/h11-12H,2-10H2,1H3;3,6,9-11,14H,1,4-5,7-8H2,2H3,(H,13,15);4H,1-3H3;1-2H3/b;12-6+;;/t11-;;;/m1.../s1. The first-order valence-electron chi connectivity index (χ1n) is 16.4. The number of rotatable bonds is 12. The Balaban J connectivity index is 0.000000738. The van der Waals surface area contributed by atoms with Crippen LogP contribution in [-0.4, -0.2) is 71.2 Å². The van der Waals surface area contributed by atoms with Crippen molar-refractivity contribution in [3.8, 4) is 0 Å². The fraction of sp³-hybridized carbons (Fsp3) is 0.788. The summed E-state index contributed by atoms with van der Waals surface area (Å²) >= 11 is 1.76. The Morgan fingerprint density at radius 2 is 1.57 bits per heavy atom. The summed E-state index contributed by atoms with van der Waals surface area (Å²) in [4.78, 5) is 37.9. The van der Waals surface area contributed by atoms with Gasteiger partial charge < -0.3 is 19.8 Å². The average Bonchev–Trinajstić information content (AvgIpc) is 3.72. The van der Waals surface area contributed by atoms with E-state index in [-0.39, 0.29) is 62.7 Å². The van der Waals surface area contributed by atoms with Crippen LogP contribution in [0.15, 0.2) is 24.4 Å². The molecule has 11 heteroatoms. The maximum atomic E-state index is 12.6. The van der Waals surface area contributed by atoms with Crippen LogP contribution >= 0.6 is 11.9 Å². The third-order valence-electron chi connectivity index (χ3n) is 7.08. The Morgan fingerprint density at radius 1 is 1.00 bits per heavy atom. The number of carbonyl (C=O) groups excluding carboxylic acids is 3. The highest BCUT2D eigenvalue weighted by Crippen LogP contribution is 2.34. The number of halogens is 3. The molecule has 3 fully saturated rings. The number of nitrogens with one attached hydrogen (secondary N) is 2. The topological polar surface area (TPSA) is 81.8 Å². The number of allylic oxidation sites excluding steroid dienone is 1. The monoisotopic (exact) mass is 648 g/mol. The molecule has 3 amide bonds. The summed E-state index contributed by atoms with van der Waals surface area (Å²) in [5.74, 6) is -0.701. The van der Waals surface area contributed by atoms with Gasteiger partial charge in [0.2, 0.25) is 18.2 Å². The van der Waals surface area contributed by atoms with Crippen molar-refractivity contribution in [1.82, 2.24) is 19.8 Å². The normalized spacial score (nSPS) is 19.3. The summed E-state index contributed by atoms with van der Waals surface area (Å²) < 4.78 is 41.1. The molecule has 44 heavy (non-hydrogen) atoms. The van der Waals surface area contributed by atoms with E-state index >= 15 is 0 Å². The second-order valence-corrected chi connectivity index (χ2v) is 13.0. The summed E-state index contributed by atoms with van der Waals surface area (Å²) in [6, 6.07) is 0.256. The predicted octanol–water partition coefficient (Wildman–Crippen LogP) is 7.64. The second-order valence-electron chi connectivity index (χ2n) is 11.9. The molecule has 0 aromatic rings. The Bertz CT molecular complexity index is 845. The predicted molar refractivity (Wildman–Crippen MR) is 177 cm³/mol. The zero-order chi connectivity index (χ0) is 33.7. The van der Waals surface area contributed by atoms with E-state index in [1.807, 2.05) is 26.8 Å². The molecule has 7 nitrogen and oxygen atoms in total. The second kappa shape index (κ2) is 23.2. The molecular weight excluding hydrogens is 589 g/mol. The van der Waals surface area contributed by atoms with Crippen molar-refractivity contribution in [1.29, 1.82) is 0 Å². The van der Waals surface area contributed by atoms with Gasteiger partial charge in [-0.25, -0.2) is 0 Å². The number of alkyl halides is 3. The van der Waals surface area contributed by atoms with E-state index in [0.717, 1.165) is 55.5 Å². The summed E-state index contributed by atoms with van der Waals surface area (Å²) in [6.45, 7) is 19.3. The molecule has 3 rings (SSSR count). The number of hydrogen-bond acceptors (Lipinski definition) is 5. The van der Waals surface area contributed by atoms with Crippen LogP contribution in [0, 0.1) is 11.8 Å². The van der Waals surface area contributed by atoms with Crippen molar-refractivity contribution in [3.05, 3.63) is 24.4 Å². The van der Waals surface area contributed by atoms with Crippen molar-refractivity contribution in [2.45, 2.75) is 136 Å². The van der Waals surface area contributed by atoms with Crippen LogP contribution in [-0.2, 0) is 14.4 Å². The van der Waals surface area contributed by atoms with Crippen LogP contribution < -0.4 is 10.0 Å². The number of amides is 3. The highest BCUT2D eigenvalue weighted by Gasteiger charge is 2.41. The van der Waals surface area contributed by atoms with Crippen LogP contribution in [0.25, 0.3) is 0 Å². The first-order valence-corrected chi connectivity index (χ1v) is 17.3. The van der Waals surface area contributed by atoms with Crippen molar-refractivity contribution in [2.75, 3.05) is 19.6 Å². The van der Waals surface area contributed by atoms with Crippen LogP contribution in [0.1, 0.15) is 113 Å². The van der Waals surface area contributed by atoms with Crippen LogP contribution in [0.4, 0.5) is 13.2 Å². The molecule has 256 valence electrons. The lowest BCUT2D eigenvalue weighted by Crippen LogP contribution is -2.42. The number of piperidine rings is 1. The van der Waals surface area contributed by atoms with E-state index in [4.69, 9.17) is 0 Å². The van der Waals surface area contributed by atoms with Crippen molar-refractivity contribution in [3.63, 3.8) is 0 Å². The van der Waals surface area contributed by atoms with Gasteiger partial charge in [-0.2, -0.15) is 13.2 Å². The first-order chi connectivity index (χ1) is 20.8. The smallest absolute Gasteiger partial charge is 0.350 e.